The third kappa shape index (κ3) is 3.31. The van der Waals surface area contributed by atoms with E-state index in [4.69, 9.17) is 0 Å². The van der Waals surface area contributed by atoms with Gasteiger partial charge in [0.05, 0.1) is 18.2 Å². The topological polar surface area (TPSA) is 87.5 Å². The number of fused-ring (bicyclic) bond motifs is 1. The van der Waals surface area contributed by atoms with Crippen molar-refractivity contribution in [1.82, 2.24) is 14.7 Å². The molecule has 1 aliphatic rings. The van der Waals surface area contributed by atoms with E-state index < -0.39 is 11.4 Å². The lowest BCUT2D eigenvalue weighted by atomic mass is 9.90. The molecular formula is C21H22N4O3. The first-order chi connectivity index (χ1) is 13.5. The Morgan fingerprint density at radius 2 is 1.96 bits per heavy atom. The normalized spacial score (nSPS) is 19.1. The van der Waals surface area contributed by atoms with Crippen molar-refractivity contribution in [2.24, 2.45) is 5.41 Å². The van der Waals surface area contributed by atoms with E-state index in [2.05, 4.69) is 28.6 Å². The molecule has 1 unspecified atom stereocenters. The minimum atomic E-state index is -0.888. The Morgan fingerprint density at radius 3 is 2.75 bits per heavy atom. The fourth-order valence-electron chi connectivity index (χ4n) is 3.65. The molecule has 2 aromatic carbocycles. The molecule has 2 N–H and O–H groups in total. The number of likely N-dealkylation sites (tertiary alicyclic amines) is 1. The molecule has 0 spiro atoms. The highest BCUT2D eigenvalue weighted by molar-refractivity contribution is 5.90. The number of nitrogens with one attached hydrogen (secondary N) is 1. The molecule has 0 aliphatic carbocycles. The Labute approximate surface area is 162 Å². The van der Waals surface area contributed by atoms with Gasteiger partial charge in [-0.15, -0.1) is 0 Å². The third-order valence-electron chi connectivity index (χ3n) is 5.43. The molecule has 1 aromatic heterocycles. The maximum Gasteiger partial charge on any atom is 0.323 e. The summed E-state index contributed by atoms with van der Waals surface area (Å²) in [5.74, 6) is -0.286. The van der Waals surface area contributed by atoms with Gasteiger partial charge in [0.1, 0.15) is 5.82 Å². The lowest BCUT2D eigenvalue weighted by Gasteiger charge is -2.20. The van der Waals surface area contributed by atoms with Crippen LogP contribution in [0.2, 0.25) is 0 Å². The first kappa shape index (κ1) is 18.0. The summed E-state index contributed by atoms with van der Waals surface area (Å²) in [5, 5.41) is 18.9. The Morgan fingerprint density at radius 1 is 1.18 bits per heavy atom. The Kier molecular flexibility index (Phi) is 4.50. The summed E-state index contributed by atoms with van der Waals surface area (Å²) in [6.07, 6.45) is 2.09. The summed E-state index contributed by atoms with van der Waals surface area (Å²) in [5.41, 5.74) is 0.220. The molecule has 28 heavy (non-hydrogen) atoms. The predicted molar refractivity (Wildman–Crippen MR) is 106 cm³/mol. The number of carboxylic acids is 1. The van der Waals surface area contributed by atoms with E-state index in [1.165, 1.54) is 0 Å². The van der Waals surface area contributed by atoms with Crippen molar-refractivity contribution < 1.29 is 14.7 Å². The largest absolute Gasteiger partial charge is 0.481 e. The van der Waals surface area contributed by atoms with Crippen molar-refractivity contribution in [3.8, 4) is 0 Å². The summed E-state index contributed by atoms with van der Waals surface area (Å²) in [6.45, 7) is 2.82. The zero-order valence-electron chi connectivity index (χ0n) is 15.6. The number of hydrogen-bond acceptors (Lipinski definition) is 3. The van der Waals surface area contributed by atoms with Gasteiger partial charge in [0.25, 0.3) is 0 Å². The summed E-state index contributed by atoms with van der Waals surface area (Å²) in [6, 6.07) is 15.7. The first-order valence-corrected chi connectivity index (χ1v) is 9.24. The highest BCUT2D eigenvalue weighted by Gasteiger charge is 2.42. The van der Waals surface area contributed by atoms with Crippen LogP contribution in [0.4, 0.5) is 10.6 Å². The standard InChI is InChI=1S/C21H22N4O3/c1-21(19(26)27)10-12-24(14-21)20(28)23-18-9-11-22-25(18)13-16-7-4-6-15-5-2-3-8-17(15)16/h2-9,11H,10,12-14H2,1H3,(H,23,28)(H,26,27). The van der Waals surface area contributed by atoms with Gasteiger partial charge in [-0.2, -0.15) is 5.10 Å². The highest BCUT2D eigenvalue weighted by Crippen LogP contribution is 2.30. The van der Waals surface area contributed by atoms with Crippen LogP contribution in [-0.2, 0) is 11.3 Å². The van der Waals surface area contributed by atoms with Gasteiger partial charge in [0.15, 0.2) is 0 Å². The Bertz CT molecular complexity index is 1040. The molecule has 2 amide bonds. The fourth-order valence-corrected chi connectivity index (χ4v) is 3.65. The van der Waals surface area contributed by atoms with Gasteiger partial charge in [0.2, 0.25) is 0 Å². The number of aromatic nitrogens is 2. The maximum absolute atomic E-state index is 12.6. The summed E-state index contributed by atoms with van der Waals surface area (Å²) in [4.78, 5) is 25.6. The summed E-state index contributed by atoms with van der Waals surface area (Å²) in [7, 11) is 0. The molecule has 4 rings (SSSR count). The van der Waals surface area contributed by atoms with Crippen molar-refractivity contribution in [3.63, 3.8) is 0 Å². The van der Waals surface area contributed by atoms with Crippen LogP contribution in [0.5, 0.6) is 0 Å². The van der Waals surface area contributed by atoms with Crippen LogP contribution in [0.3, 0.4) is 0 Å². The summed E-state index contributed by atoms with van der Waals surface area (Å²) < 4.78 is 1.74. The zero-order valence-corrected chi connectivity index (χ0v) is 15.6. The average molecular weight is 378 g/mol. The van der Waals surface area contributed by atoms with Crippen LogP contribution in [0.1, 0.15) is 18.9 Å². The molecular weight excluding hydrogens is 356 g/mol. The molecule has 1 aliphatic heterocycles. The summed E-state index contributed by atoms with van der Waals surface area (Å²) >= 11 is 0. The fraction of sp³-hybridized carbons (Fsp3) is 0.286. The molecule has 144 valence electrons. The lowest BCUT2D eigenvalue weighted by molar-refractivity contribution is -0.146. The van der Waals surface area contributed by atoms with E-state index in [0.29, 0.717) is 25.3 Å². The van der Waals surface area contributed by atoms with Crippen molar-refractivity contribution in [3.05, 3.63) is 60.3 Å². The van der Waals surface area contributed by atoms with Crippen LogP contribution in [-0.4, -0.2) is 44.9 Å². The number of urea groups is 1. The van der Waals surface area contributed by atoms with Crippen LogP contribution in [0.25, 0.3) is 10.8 Å². The van der Waals surface area contributed by atoms with Crippen molar-refractivity contribution in [2.75, 3.05) is 18.4 Å². The predicted octanol–water partition coefficient (Wildman–Crippen LogP) is 3.41. The molecule has 1 saturated heterocycles. The van der Waals surface area contributed by atoms with Crippen molar-refractivity contribution >= 4 is 28.6 Å². The van der Waals surface area contributed by atoms with Gasteiger partial charge in [-0.3, -0.25) is 10.1 Å². The van der Waals surface area contributed by atoms with E-state index in [0.717, 1.165) is 16.3 Å². The number of aliphatic carboxylic acids is 1. The first-order valence-electron chi connectivity index (χ1n) is 9.24. The number of carbonyl (C=O) groups is 2. The van der Waals surface area contributed by atoms with E-state index in [-0.39, 0.29) is 12.6 Å². The zero-order chi connectivity index (χ0) is 19.7. The molecule has 0 bridgehead atoms. The van der Waals surface area contributed by atoms with E-state index in [1.807, 2.05) is 24.3 Å². The van der Waals surface area contributed by atoms with Gasteiger partial charge in [-0.1, -0.05) is 42.5 Å². The number of amides is 2. The van der Waals surface area contributed by atoms with E-state index in [9.17, 15) is 14.7 Å². The third-order valence-corrected chi connectivity index (χ3v) is 5.43. The number of benzene rings is 2. The number of carboxylic acid groups (broad SMARTS) is 1. The molecule has 7 nitrogen and oxygen atoms in total. The average Bonchev–Trinajstić information content (AvgIpc) is 3.30. The number of nitrogens with zero attached hydrogens (tertiary/aromatic N) is 3. The second-order valence-electron chi connectivity index (χ2n) is 7.48. The van der Waals surface area contributed by atoms with Gasteiger partial charge in [-0.05, 0) is 29.7 Å². The molecule has 1 fully saturated rings. The second-order valence-corrected chi connectivity index (χ2v) is 7.48. The SMILES string of the molecule is CC1(C(=O)O)CCN(C(=O)Nc2ccnn2Cc2cccc3ccccc23)C1. The number of rotatable bonds is 4. The van der Waals surface area contributed by atoms with Crippen LogP contribution < -0.4 is 5.32 Å². The molecule has 7 heteroatoms. The van der Waals surface area contributed by atoms with E-state index >= 15 is 0 Å². The maximum atomic E-state index is 12.6. The smallest absolute Gasteiger partial charge is 0.323 e. The van der Waals surface area contributed by atoms with Gasteiger partial charge < -0.3 is 10.0 Å². The number of hydrogen-bond donors (Lipinski definition) is 2. The minimum Gasteiger partial charge on any atom is -0.481 e. The molecule has 1 atom stereocenters. The van der Waals surface area contributed by atoms with Crippen molar-refractivity contribution in [1.29, 1.82) is 0 Å². The monoisotopic (exact) mass is 378 g/mol. The quantitative estimate of drug-likeness (QED) is 0.728. The molecule has 3 aromatic rings. The van der Waals surface area contributed by atoms with Gasteiger partial charge in [0, 0.05) is 19.2 Å². The van der Waals surface area contributed by atoms with Crippen LogP contribution in [0, 0.1) is 5.41 Å². The highest BCUT2D eigenvalue weighted by atomic mass is 16.4. The number of anilines is 1. The van der Waals surface area contributed by atoms with Gasteiger partial charge in [-0.25, -0.2) is 9.48 Å². The Hall–Kier alpha value is -3.35. The molecule has 0 radical (unpaired) electrons. The molecule has 2 heterocycles. The number of carbonyl (C=O) groups excluding carboxylic acids is 1. The lowest BCUT2D eigenvalue weighted by Crippen LogP contribution is -2.37. The molecule has 0 saturated carbocycles. The van der Waals surface area contributed by atoms with Crippen LogP contribution >= 0.6 is 0 Å². The second kappa shape index (κ2) is 6.99. The van der Waals surface area contributed by atoms with Gasteiger partial charge >= 0.3 is 12.0 Å². The van der Waals surface area contributed by atoms with Crippen LogP contribution in [0.15, 0.2) is 54.7 Å². The minimum absolute atomic E-state index is 0.200. The van der Waals surface area contributed by atoms with E-state index in [1.54, 1.807) is 28.8 Å². The van der Waals surface area contributed by atoms with Crippen molar-refractivity contribution in [2.45, 2.75) is 19.9 Å². The Balaban J connectivity index is 1.50.